The number of nitrogens with zero attached hydrogens (tertiary/aromatic N) is 1. The van der Waals surface area contributed by atoms with Crippen molar-refractivity contribution in [1.82, 2.24) is 4.90 Å². The van der Waals surface area contributed by atoms with E-state index in [-0.39, 0.29) is 42.9 Å². The molecule has 29 heavy (non-hydrogen) atoms. The summed E-state index contributed by atoms with van der Waals surface area (Å²) >= 11 is 0. The molecule has 2 aromatic rings. The molecule has 0 aliphatic carbocycles. The van der Waals surface area contributed by atoms with E-state index in [9.17, 15) is 23.2 Å². The lowest BCUT2D eigenvalue weighted by Crippen LogP contribution is -2.28. The number of amides is 3. The molecule has 0 aromatic heterocycles. The van der Waals surface area contributed by atoms with Crippen molar-refractivity contribution in [2.45, 2.75) is 26.0 Å². The lowest BCUT2D eigenvalue weighted by Gasteiger charge is -2.14. The molecule has 3 amide bonds. The third-order valence-electron chi connectivity index (χ3n) is 4.25. The summed E-state index contributed by atoms with van der Waals surface area (Å²) in [4.78, 5) is 36.6. The Labute approximate surface area is 165 Å². The Morgan fingerprint density at radius 2 is 1.66 bits per heavy atom. The van der Waals surface area contributed by atoms with Crippen LogP contribution in [0.2, 0.25) is 0 Å². The number of hydrogen-bond acceptors (Lipinski definition) is 4. The second-order valence-electron chi connectivity index (χ2n) is 6.34. The van der Waals surface area contributed by atoms with Gasteiger partial charge in [-0.15, -0.1) is 0 Å². The lowest BCUT2D eigenvalue weighted by atomic mass is 10.2. The molecule has 1 fully saturated rings. The van der Waals surface area contributed by atoms with Crippen LogP contribution in [0.1, 0.15) is 24.0 Å². The number of likely N-dealkylation sites (tertiary alicyclic amines) is 1. The van der Waals surface area contributed by atoms with E-state index in [0.29, 0.717) is 11.3 Å². The number of carbonyl (C=O) groups excluding carboxylic acids is 3. The van der Waals surface area contributed by atoms with Crippen molar-refractivity contribution in [2.75, 3.05) is 5.32 Å². The summed E-state index contributed by atoms with van der Waals surface area (Å²) < 4.78 is 28.5. The zero-order chi connectivity index (χ0) is 20.8. The first kappa shape index (κ1) is 20.2. The molecule has 3 rings (SSSR count). The molecule has 1 N–H and O–H groups in total. The summed E-state index contributed by atoms with van der Waals surface area (Å²) in [5.74, 6) is -0.674. The molecule has 0 radical (unpaired) electrons. The minimum absolute atomic E-state index is 0.0408. The number of imide groups is 1. The van der Waals surface area contributed by atoms with Gasteiger partial charge in [0.05, 0.1) is 6.54 Å². The van der Waals surface area contributed by atoms with Gasteiger partial charge in [-0.05, 0) is 41.5 Å². The first-order valence-electron chi connectivity index (χ1n) is 8.87. The fourth-order valence-electron chi connectivity index (χ4n) is 2.79. The van der Waals surface area contributed by atoms with Gasteiger partial charge in [0.25, 0.3) is 0 Å². The van der Waals surface area contributed by atoms with E-state index in [2.05, 4.69) is 10.1 Å². The third-order valence-corrected chi connectivity index (χ3v) is 4.25. The molecule has 0 bridgehead atoms. The van der Waals surface area contributed by atoms with Crippen LogP contribution in [0.3, 0.4) is 0 Å². The predicted molar refractivity (Wildman–Crippen MR) is 102 cm³/mol. The second kappa shape index (κ2) is 9.09. The van der Waals surface area contributed by atoms with Gasteiger partial charge < -0.3 is 10.1 Å². The van der Waals surface area contributed by atoms with Gasteiger partial charge in [0, 0.05) is 24.6 Å². The first-order chi connectivity index (χ1) is 13.9. The van der Waals surface area contributed by atoms with Gasteiger partial charge in [-0.1, -0.05) is 24.3 Å². The van der Waals surface area contributed by atoms with Crippen molar-refractivity contribution >= 4 is 29.5 Å². The zero-order valence-electron chi connectivity index (χ0n) is 15.3. The maximum Gasteiger partial charge on any atom is 0.387 e. The minimum atomic E-state index is -2.88. The maximum absolute atomic E-state index is 12.1. The maximum atomic E-state index is 12.1. The molecule has 150 valence electrons. The van der Waals surface area contributed by atoms with Gasteiger partial charge in [-0.3, -0.25) is 19.3 Å². The average Bonchev–Trinajstić information content (AvgIpc) is 3.00. The van der Waals surface area contributed by atoms with Crippen molar-refractivity contribution < 1.29 is 27.9 Å². The Hall–Kier alpha value is -3.55. The number of alkyl halides is 2. The summed E-state index contributed by atoms with van der Waals surface area (Å²) in [6.45, 7) is -2.67. The molecule has 8 heteroatoms. The summed E-state index contributed by atoms with van der Waals surface area (Å²) in [6.07, 6.45) is 3.36. The van der Waals surface area contributed by atoms with Gasteiger partial charge in [0.15, 0.2) is 0 Å². The molecule has 0 atom stereocenters. The van der Waals surface area contributed by atoms with Crippen LogP contribution >= 0.6 is 0 Å². The van der Waals surface area contributed by atoms with E-state index in [1.54, 1.807) is 42.5 Å². The number of nitrogens with one attached hydrogen (secondary N) is 1. The van der Waals surface area contributed by atoms with Gasteiger partial charge in [-0.25, -0.2) is 0 Å². The van der Waals surface area contributed by atoms with E-state index in [1.165, 1.54) is 23.1 Å². The van der Waals surface area contributed by atoms with Crippen LogP contribution in [0.25, 0.3) is 6.08 Å². The monoisotopic (exact) mass is 400 g/mol. The highest BCUT2D eigenvalue weighted by molar-refractivity contribution is 6.02. The van der Waals surface area contributed by atoms with Crippen molar-refractivity contribution in [1.29, 1.82) is 0 Å². The fraction of sp³-hybridized carbons (Fsp3) is 0.190. The van der Waals surface area contributed by atoms with E-state index in [1.807, 2.05) is 0 Å². The summed E-state index contributed by atoms with van der Waals surface area (Å²) in [5.41, 5.74) is 1.99. The van der Waals surface area contributed by atoms with E-state index in [4.69, 9.17) is 0 Å². The number of halogens is 2. The largest absolute Gasteiger partial charge is 0.435 e. The zero-order valence-corrected chi connectivity index (χ0v) is 15.3. The molecule has 2 aromatic carbocycles. The quantitative estimate of drug-likeness (QED) is 0.569. The first-order valence-corrected chi connectivity index (χ1v) is 8.87. The highest BCUT2D eigenvalue weighted by Crippen LogP contribution is 2.18. The molecular formula is C21H18F2N2O4. The average molecular weight is 400 g/mol. The van der Waals surface area contributed by atoms with Crippen LogP contribution in [-0.2, 0) is 20.9 Å². The molecule has 0 spiro atoms. The van der Waals surface area contributed by atoms with Crippen molar-refractivity contribution in [3.05, 3.63) is 65.7 Å². The SMILES string of the molecule is O=C(/C=C/c1ccc(OC(F)F)cc1)Nc1ccc(CN2C(=O)CCC2=O)cc1. The highest BCUT2D eigenvalue weighted by atomic mass is 19.3. The predicted octanol–water partition coefficient (Wildman–Crippen LogP) is 3.59. The molecule has 1 saturated heterocycles. The van der Waals surface area contributed by atoms with E-state index >= 15 is 0 Å². The number of hydrogen-bond donors (Lipinski definition) is 1. The van der Waals surface area contributed by atoms with Crippen LogP contribution in [0.5, 0.6) is 5.75 Å². The van der Waals surface area contributed by atoms with Gasteiger partial charge in [-0.2, -0.15) is 8.78 Å². The molecule has 6 nitrogen and oxygen atoms in total. The summed E-state index contributed by atoms with van der Waals surface area (Å²) in [5, 5.41) is 2.69. The Morgan fingerprint density at radius 1 is 1.03 bits per heavy atom. The normalized spacial score (nSPS) is 14.1. The van der Waals surface area contributed by atoms with Crippen molar-refractivity contribution in [2.24, 2.45) is 0 Å². The molecule has 0 saturated carbocycles. The second-order valence-corrected chi connectivity index (χ2v) is 6.34. The standard InChI is InChI=1S/C21H18F2N2O4/c22-21(23)29-17-8-3-14(4-9-17)5-10-18(26)24-16-6-1-15(2-7-16)13-25-19(27)11-12-20(25)28/h1-10,21H,11-13H2,(H,24,26)/b10-5+. The summed E-state index contributed by atoms with van der Waals surface area (Å²) in [6, 6.07) is 12.7. The Kier molecular flexibility index (Phi) is 6.33. The number of benzene rings is 2. The van der Waals surface area contributed by atoms with Crippen molar-refractivity contribution in [3.8, 4) is 5.75 Å². The number of anilines is 1. The molecule has 1 heterocycles. The van der Waals surface area contributed by atoms with Crippen molar-refractivity contribution in [3.63, 3.8) is 0 Å². The summed E-state index contributed by atoms with van der Waals surface area (Å²) in [7, 11) is 0. The Balaban J connectivity index is 1.53. The Bertz CT molecular complexity index is 909. The molecule has 1 aliphatic heterocycles. The van der Waals surface area contributed by atoms with Gasteiger partial charge in [0.1, 0.15) is 5.75 Å². The number of carbonyl (C=O) groups is 3. The van der Waals surface area contributed by atoms with Gasteiger partial charge >= 0.3 is 6.61 Å². The molecule has 0 unspecified atom stereocenters. The van der Waals surface area contributed by atoms with E-state index < -0.39 is 6.61 Å². The Morgan fingerprint density at radius 3 is 2.24 bits per heavy atom. The van der Waals surface area contributed by atoms with Crippen LogP contribution in [0.4, 0.5) is 14.5 Å². The van der Waals surface area contributed by atoms with Crippen LogP contribution in [0, 0.1) is 0 Å². The molecular weight excluding hydrogens is 382 g/mol. The lowest BCUT2D eigenvalue weighted by molar-refractivity contribution is -0.139. The number of rotatable bonds is 7. The van der Waals surface area contributed by atoms with Crippen LogP contribution < -0.4 is 10.1 Å². The van der Waals surface area contributed by atoms with Gasteiger partial charge in [0.2, 0.25) is 17.7 Å². The highest BCUT2D eigenvalue weighted by Gasteiger charge is 2.28. The smallest absolute Gasteiger partial charge is 0.387 e. The third kappa shape index (κ3) is 5.71. The molecule has 1 aliphatic rings. The number of ether oxygens (including phenoxy) is 1. The fourth-order valence-corrected chi connectivity index (χ4v) is 2.79. The van der Waals surface area contributed by atoms with Crippen LogP contribution in [0.15, 0.2) is 54.6 Å². The van der Waals surface area contributed by atoms with E-state index in [0.717, 1.165) is 5.56 Å². The minimum Gasteiger partial charge on any atom is -0.435 e. The van der Waals surface area contributed by atoms with Crippen LogP contribution in [-0.4, -0.2) is 29.2 Å². The topological polar surface area (TPSA) is 75.7 Å².